The van der Waals surface area contributed by atoms with Gasteiger partial charge in [0.2, 0.25) is 0 Å². The second kappa shape index (κ2) is 10.2. The van der Waals surface area contributed by atoms with Crippen LogP contribution >= 0.6 is 24.0 Å². The van der Waals surface area contributed by atoms with Gasteiger partial charge in [0, 0.05) is 32.5 Å². The van der Waals surface area contributed by atoms with Crippen LogP contribution in [-0.2, 0) is 6.42 Å². The summed E-state index contributed by atoms with van der Waals surface area (Å²) in [7, 11) is 1.80. The molecule has 120 valence electrons. The van der Waals surface area contributed by atoms with Crippen molar-refractivity contribution in [3.8, 4) is 5.69 Å². The van der Waals surface area contributed by atoms with Crippen molar-refractivity contribution >= 4 is 29.9 Å². The highest BCUT2D eigenvalue weighted by Crippen LogP contribution is 2.08. The quantitative estimate of drug-likeness (QED) is 0.435. The lowest BCUT2D eigenvalue weighted by molar-refractivity contribution is 0.773. The number of benzene rings is 1. The molecule has 0 bridgehead atoms. The van der Waals surface area contributed by atoms with E-state index >= 15 is 0 Å². The number of hydrogen-bond acceptors (Lipinski definition) is 2. The third kappa shape index (κ3) is 5.67. The summed E-state index contributed by atoms with van der Waals surface area (Å²) in [4.78, 5) is 4.19. The van der Waals surface area contributed by atoms with Crippen LogP contribution < -0.4 is 10.6 Å². The van der Waals surface area contributed by atoms with Crippen LogP contribution in [0.1, 0.15) is 18.9 Å². The van der Waals surface area contributed by atoms with E-state index in [4.69, 9.17) is 0 Å². The zero-order chi connectivity index (χ0) is 14.9. The molecular formula is C16H24IN5. The maximum absolute atomic E-state index is 4.22. The van der Waals surface area contributed by atoms with E-state index in [9.17, 15) is 0 Å². The van der Waals surface area contributed by atoms with Gasteiger partial charge >= 0.3 is 0 Å². The van der Waals surface area contributed by atoms with E-state index in [1.54, 1.807) is 13.2 Å². The van der Waals surface area contributed by atoms with E-state index in [2.05, 4.69) is 51.9 Å². The Kier molecular flexibility index (Phi) is 8.57. The van der Waals surface area contributed by atoms with Crippen LogP contribution in [0.25, 0.3) is 5.69 Å². The first kappa shape index (κ1) is 18.5. The first-order chi connectivity index (χ1) is 10.3. The molecule has 0 spiro atoms. The number of aliphatic imine (C=N–C) groups is 1. The summed E-state index contributed by atoms with van der Waals surface area (Å²) >= 11 is 0. The van der Waals surface area contributed by atoms with E-state index in [1.807, 2.05) is 16.9 Å². The van der Waals surface area contributed by atoms with Crippen LogP contribution in [-0.4, -0.2) is 35.9 Å². The average molecular weight is 413 g/mol. The SMILES string of the molecule is CCCNC(=NC)NCCc1ccc(-n2cccn2)cc1.I. The van der Waals surface area contributed by atoms with Gasteiger partial charge in [0.25, 0.3) is 0 Å². The largest absolute Gasteiger partial charge is 0.356 e. The Balaban J connectivity index is 0.00000242. The maximum Gasteiger partial charge on any atom is 0.190 e. The second-order valence-corrected chi connectivity index (χ2v) is 4.79. The molecule has 0 saturated heterocycles. The number of nitrogens with one attached hydrogen (secondary N) is 2. The molecule has 0 aliphatic carbocycles. The van der Waals surface area contributed by atoms with Crippen molar-refractivity contribution < 1.29 is 0 Å². The number of nitrogens with zero attached hydrogens (tertiary/aromatic N) is 3. The van der Waals surface area contributed by atoms with Gasteiger partial charge in [-0.05, 0) is 36.6 Å². The van der Waals surface area contributed by atoms with Crippen LogP contribution in [0.15, 0.2) is 47.7 Å². The predicted molar refractivity (Wildman–Crippen MR) is 102 cm³/mol. The molecule has 0 amide bonds. The second-order valence-electron chi connectivity index (χ2n) is 4.79. The number of rotatable bonds is 6. The van der Waals surface area contributed by atoms with Crippen molar-refractivity contribution in [3.05, 3.63) is 48.3 Å². The number of hydrogen-bond donors (Lipinski definition) is 2. The highest BCUT2D eigenvalue weighted by Gasteiger charge is 1.99. The number of guanidine groups is 1. The van der Waals surface area contributed by atoms with E-state index < -0.39 is 0 Å². The summed E-state index contributed by atoms with van der Waals surface area (Å²) in [6.07, 6.45) is 5.79. The van der Waals surface area contributed by atoms with Crippen LogP contribution in [0.3, 0.4) is 0 Å². The topological polar surface area (TPSA) is 54.2 Å². The molecule has 0 fully saturated rings. The van der Waals surface area contributed by atoms with Crippen LogP contribution in [0.5, 0.6) is 0 Å². The lowest BCUT2D eigenvalue weighted by Gasteiger charge is -2.11. The Morgan fingerprint density at radius 1 is 1.18 bits per heavy atom. The van der Waals surface area contributed by atoms with Gasteiger partial charge in [0.1, 0.15) is 0 Å². The monoisotopic (exact) mass is 413 g/mol. The van der Waals surface area contributed by atoms with Crippen molar-refractivity contribution in [2.75, 3.05) is 20.1 Å². The summed E-state index contributed by atoms with van der Waals surface area (Å²) in [6.45, 7) is 3.95. The summed E-state index contributed by atoms with van der Waals surface area (Å²) in [5, 5.41) is 10.8. The molecule has 0 radical (unpaired) electrons. The molecule has 1 heterocycles. The fourth-order valence-electron chi connectivity index (χ4n) is 2.03. The fraction of sp³-hybridized carbons (Fsp3) is 0.375. The van der Waals surface area contributed by atoms with Gasteiger partial charge in [0.05, 0.1) is 5.69 Å². The fourth-order valence-corrected chi connectivity index (χ4v) is 2.03. The zero-order valence-electron chi connectivity index (χ0n) is 13.1. The first-order valence-electron chi connectivity index (χ1n) is 7.37. The molecule has 2 rings (SSSR count). The Hall–Kier alpha value is -1.57. The van der Waals surface area contributed by atoms with E-state index in [1.165, 1.54) is 5.56 Å². The smallest absolute Gasteiger partial charge is 0.190 e. The first-order valence-corrected chi connectivity index (χ1v) is 7.37. The van der Waals surface area contributed by atoms with Gasteiger partial charge in [-0.3, -0.25) is 4.99 Å². The zero-order valence-corrected chi connectivity index (χ0v) is 15.5. The van der Waals surface area contributed by atoms with Crippen LogP contribution in [0, 0.1) is 0 Å². The Morgan fingerprint density at radius 3 is 2.50 bits per heavy atom. The molecular weight excluding hydrogens is 389 g/mol. The maximum atomic E-state index is 4.22. The van der Waals surface area contributed by atoms with Gasteiger partial charge in [-0.25, -0.2) is 4.68 Å². The minimum absolute atomic E-state index is 0. The molecule has 1 aromatic carbocycles. The van der Waals surface area contributed by atoms with Crippen molar-refractivity contribution in [2.24, 2.45) is 4.99 Å². The minimum Gasteiger partial charge on any atom is -0.356 e. The molecule has 5 nitrogen and oxygen atoms in total. The van der Waals surface area contributed by atoms with Crippen molar-refractivity contribution in [1.29, 1.82) is 0 Å². The molecule has 6 heteroatoms. The third-order valence-electron chi connectivity index (χ3n) is 3.18. The highest BCUT2D eigenvalue weighted by atomic mass is 127. The van der Waals surface area contributed by atoms with Gasteiger partial charge in [-0.15, -0.1) is 24.0 Å². The molecule has 0 saturated carbocycles. The molecule has 0 atom stereocenters. The standard InChI is InChI=1S/C16H23N5.HI/c1-3-10-18-16(17-2)19-12-9-14-5-7-15(8-6-14)21-13-4-11-20-21;/h4-8,11,13H,3,9-10,12H2,1-2H3,(H2,17,18,19);1H. The Morgan fingerprint density at radius 2 is 1.91 bits per heavy atom. The average Bonchev–Trinajstić information content (AvgIpc) is 3.05. The number of halogens is 1. The van der Waals surface area contributed by atoms with Crippen molar-refractivity contribution in [1.82, 2.24) is 20.4 Å². The molecule has 2 N–H and O–H groups in total. The Bertz CT molecular complexity index is 548. The molecule has 0 unspecified atom stereocenters. The molecule has 0 aliphatic heterocycles. The Labute approximate surface area is 149 Å². The lowest BCUT2D eigenvalue weighted by Crippen LogP contribution is -2.38. The summed E-state index contributed by atoms with van der Waals surface area (Å²) in [5.74, 6) is 0.866. The summed E-state index contributed by atoms with van der Waals surface area (Å²) in [5.41, 5.74) is 2.38. The molecule has 0 aliphatic rings. The van der Waals surface area contributed by atoms with Gasteiger partial charge < -0.3 is 10.6 Å². The summed E-state index contributed by atoms with van der Waals surface area (Å²) in [6, 6.07) is 10.4. The van der Waals surface area contributed by atoms with Gasteiger partial charge in [-0.1, -0.05) is 19.1 Å². The van der Waals surface area contributed by atoms with E-state index in [0.29, 0.717) is 0 Å². The van der Waals surface area contributed by atoms with E-state index in [-0.39, 0.29) is 24.0 Å². The van der Waals surface area contributed by atoms with Gasteiger partial charge in [-0.2, -0.15) is 5.10 Å². The highest BCUT2D eigenvalue weighted by molar-refractivity contribution is 14.0. The van der Waals surface area contributed by atoms with Crippen LogP contribution in [0.2, 0.25) is 0 Å². The lowest BCUT2D eigenvalue weighted by atomic mass is 10.1. The normalized spacial score (nSPS) is 10.9. The number of aromatic nitrogens is 2. The molecule has 2 aromatic rings. The van der Waals surface area contributed by atoms with Crippen molar-refractivity contribution in [2.45, 2.75) is 19.8 Å². The minimum atomic E-state index is 0. The van der Waals surface area contributed by atoms with Gasteiger partial charge in [0.15, 0.2) is 5.96 Å². The van der Waals surface area contributed by atoms with Crippen LogP contribution in [0.4, 0.5) is 0 Å². The van der Waals surface area contributed by atoms with E-state index in [0.717, 1.165) is 37.6 Å². The molecule has 22 heavy (non-hydrogen) atoms. The predicted octanol–water partition coefficient (Wildman–Crippen LogP) is 2.61. The van der Waals surface area contributed by atoms with Crippen molar-refractivity contribution in [3.63, 3.8) is 0 Å². The summed E-state index contributed by atoms with van der Waals surface area (Å²) < 4.78 is 1.86. The molecule has 1 aromatic heterocycles. The third-order valence-corrected chi connectivity index (χ3v) is 3.18.